The fourth-order valence-electron chi connectivity index (χ4n) is 3.06. The molecule has 0 aliphatic carbocycles. The van der Waals surface area contributed by atoms with Gasteiger partial charge in [-0.15, -0.1) is 0 Å². The zero-order valence-electron chi connectivity index (χ0n) is 16.8. The van der Waals surface area contributed by atoms with Crippen molar-refractivity contribution in [2.75, 3.05) is 19.4 Å². The third-order valence-corrected chi connectivity index (χ3v) is 4.57. The average molecular weight is 419 g/mol. The molecule has 1 atom stereocenters. The highest BCUT2D eigenvalue weighted by molar-refractivity contribution is 5.98. The number of H-pyrrole nitrogens is 1. The maximum absolute atomic E-state index is 14.5. The summed E-state index contributed by atoms with van der Waals surface area (Å²) in [5.41, 5.74) is -1.17. The topological polar surface area (TPSA) is 91.0 Å². The van der Waals surface area contributed by atoms with Crippen molar-refractivity contribution >= 4 is 22.8 Å². The highest BCUT2D eigenvalue weighted by Crippen LogP contribution is 2.30. The first-order valence-corrected chi connectivity index (χ1v) is 9.06. The van der Waals surface area contributed by atoms with Gasteiger partial charge in [-0.25, -0.2) is 23.1 Å². The maximum Gasteiger partial charge on any atom is 0.266 e. The summed E-state index contributed by atoms with van der Waals surface area (Å²) in [6, 6.07) is 4.41. The van der Waals surface area contributed by atoms with E-state index in [2.05, 4.69) is 20.3 Å². The van der Waals surface area contributed by atoms with Gasteiger partial charge in [0.1, 0.15) is 28.7 Å². The van der Waals surface area contributed by atoms with Crippen LogP contribution in [0.5, 0.6) is 0 Å². The Balaban J connectivity index is 2.10. The highest BCUT2D eigenvalue weighted by Gasteiger charge is 2.21. The Morgan fingerprint density at radius 2 is 1.87 bits per heavy atom. The minimum atomic E-state index is -2.94. The second-order valence-corrected chi connectivity index (χ2v) is 7.01. The summed E-state index contributed by atoms with van der Waals surface area (Å²) in [7, 11) is 3.02. The number of fused-ring (bicyclic) bond motifs is 1. The first-order valence-electron chi connectivity index (χ1n) is 9.06. The summed E-state index contributed by atoms with van der Waals surface area (Å²) < 4.78 is 40.6. The zero-order valence-corrected chi connectivity index (χ0v) is 16.8. The average Bonchev–Trinajstić information content (AvgIpc) is 2.66. The van der Waals surface area contributed by atoms with Crippen LogP contribution < -0.4 is 10.9 Å². The van der Waals surface area contributed by atoms with Crippen molar-refractivity contribution in [3.8, 4) is 0 Å². The van der Waals surface area contributed by atoms with Crippen molar-refractivity contribution in [2.24, 2.45) is 0 Å². The van der Waals surface area contributed by atoms with Crippen LogP contribution in [-0.4, -0.2) is 39.9 Å². The number of anilines is 1. The van der Waals surface area contributed by atoms with Gasteiger partial charge in [0.05, 0.1) is 17.0 Å². The molecule has 0 radical (unpaired) electrons. The predicted octanol–water partition coefficient (Wildman–Crippen LogP) is 3.58. The van der Waals surface area contributed by atoms with Gasteiger partial charge in [-0.1, -0.05) is 18.2 Å². The number of halogens is 3. The predicted molar refractivity (Wildman–Crippen MR) is 106 cm³/mol. The first-order chi connectivity index (χ1) is 14.1. The van der Waals surface area contributed by atoms with E-state index in [0.717, 1.165) is 6.07 Å². The van der Waals surface area contributed by atoms with E-state index in [1.54, 1.807) is 13.8 Å². The lowest BCUT2D eigenvalue weighted by atomic mass is 10.0. The molecule has 0 bridgehead atoms. The first kappa shape index (κ1) is 21.3. The van der Waals surface area contributed by atoms with Gasteiger partial charge in [-0.3, -0.25) is 9.59 Å². The van der Waals surface area contributed by atoms with Crippen LogP contribution in [0, 0.1) is 12.7 Å². The molecule has 1 amide bonds. The number of carbonyl (C=O) groups excluding carboxylic acids is 1. The minimum absolute atomic E-state index is 0.0335. The Morgan fingerprint density at radius 3 is 2.50 bits per heavy atom. The molecule has 0 saturated carbocycles. The van der Waals surface area contributed by atoms with Crippen LogP contribution in [0.2, 0.25) is 0 Å². The number of amides is 1. The van der Waals surface area contributed by atoms with E-state index in [4.69, 9.17) is 0 Å². The minimum Gasteiger partial charge on any atom is -0.363 e. The van der Waals surface area contributed by atoms with Crippen molar-refractivity contribution in [1.29, 1.82) is 0 Å². The van der Waals surface area contributed by atoms with E-state index in [1.165, 1.54) is 37.2 Å². The number of nitrogens with one attached hydrogen (secondary N) is 2. The molecule has 2 heterocycles. The summed E-state index contributed by atoms with van der Waals surface area (Å²) in [6.07, 6.45) is -2.94. The summed E-state index contributed by atoms with van der Waals surface area (Å²) in [6.45, 7) is 3.19. The number of aromatic amines is 1. The third-order valence-electron chi connectivity index (χ3n) is 4.57. The van der Waals surface area contributed by atoms with Gasteiger partial charge in [0.25, 0.3) is 17.9 Å². The second-order valence-electron chi connectivity index (χ2n) is 7.01. The molecule has 0 fully saturated rings. The number of hydrogen-bond donors (Lipinski definition) is 2. The molecule has 0 aliphatic rings. The molecule has 0 saturated heterocycles. The van der Waals surface area contributed by atoms with Gasteiger partial charge < -0.3 is 15.2 Å². The van der Waals surface area contributed by atoms with Crippen molar-refractivity contribution < 1.29 is 18.0 Å². The van der Waals surface area contributed by atoms with Gasteiger partial charge in [0.15, 0.2) is 0 Å². The number of rotatable bonds is 5. The van der Waals surface area contributed by atoms with Crippen LogP contribution in [-0.2, 0) is 0 Å². The van der Waals surface area contributed by atoms with E-state index in [-0.39, 0.29) is 22.6 Å². The molecule has 10 heteroatoms. The van der Waals surface area contributed by atoms with Crippen molar-refractivity contribution in [1.82, 2.24) is 19.9 Å². The smallest absolute Gasteiger partial charge is 0.266 e. The lowest BCUT2D eigenvalue weighted by Crippen LogP contribution is -2.28. The van der Waals surface area contributed by atoms with Crippen molar-refractivity contribution in [3.05, 3.63) is 63.0 Å². The van der Waals surface area contributed by atoms with Gasteiger partial charge in [0.2, 0.25) is 0 Å². The Kier molecular flexibility index (Phi) is 5.77. The third kappa shape index (κ3) is 3.98. The second kappa shape index (κ2) is 8.13. The monoisotopic (exact) mass is 419 g/mol. The number of hydrogen-bond acceptors (Lipinski definition) is 5. The Hall–Kier alpha value is -3.43. The van der Waals surface area contributed by atoms with Crippen molar-refractivity contribution in [3.63, 3.8) is 0 Å². The summed E-state index contributed by atoms with van der Waals surface area (Å²) in [4.78, 5) is 36.9. The van der Waals surface area contributed by atoms with Crippen LogP contribution in [0.1, 0.15) is 46.7 Å². The fraction of sp³-hybridized carbons (Fsp3) is 0.300. The normalized spacial score (nSPS) is 12.3. The molecular formula is C20H20F3N5O2. The van der Waals surface area contributed by atoms with Crippen LogP contribution >= 0.6 is 0 Å². The number of nitrogens with zero attached hydrogens (tertiary/aromatic N) is 3. The lowest BCUT2D eigenvalue weighted by molar-refractivity contribution is 0.0826. The molecule has 158 valence electrons. The van der Waals surface area contributed by atoms with Crippen LogP contribution in [0.15, 0.2) is 29.1 Å². The van der Waals surface area contributed by atoms with E-state index < -0.39 is 35.3 Å². The number of benzene rings is 1. The molecule has 1 aromatic carbocycles. The van der Waals surface area contributed by atoms with Gasteiger partial charge in [0, 0.05) is 19.7 Å². The van der Waals surface area contributed by atoms with Gasteiger partial charge >= 0.3 is 0 Å². The molecule has 2 N–H and O–H groups in total. The van der Waals surface area contributed by atoms with E-state index in [9.17, 15) is 22.8 Å². The lowest BCUT2D eigenvalue weighted by Gasteiger charge is -2.19. The molecule has 0 spiro atoms. The van der Waals surface area contributed by atoms with E-state index in [0.29, 0.717) is 11.2 Å². The highest BCUT2D eigenvalue weighted by atomic mass is 19.3. The largest absolute Gasteiger partial charge is 0.363 e. The van der Waals surface area contributed by atoms with Crippen LogP contribution in [0.25, 0.3) is 11.0 Å². The van der Waals surface area contributed by atoms with Crippen LogP contribution in [0.3, 0.4) is 0 Å². The molecule has 30 heavy (non-hydrogen) atoms. The number of pyridine rings is 1. The van der Waals surface area contributed by atoms with E-state index >= 15 is 0 Å². The van der Waals surface area contributed by atoms with Crippen molar-refractivity contribution in [2.45, 2.75) is 26.3 Å². The number of aryl methyl sites for hydroxylation is 1. The molecule has 2 aromatic heterocycles. The quantitative estimate of drug-likeness (QED) is 0.660. The molecule has 0 unspecified atom stereocenters. The standard InChI is InChI=1S/C20H20F3N5O2/c1-9(11-6-5-7-12(15(11)21)16(22)23)24-17-13-8-14(20(30)28(3)4)19(29)27-18(13)26-10(2)25-17/h5-9,16H,1-4H3,(H2,24,25,26,27,29)/t9-/m1/s1. The van der Waals surface area contributed by atoms with Crippen LogP contribution in [0.4, 0.5) is 19.0 Å². The SMILES string of the molecule is Cc1nc(N[C@H](C)c2cccc(C(F)F)c2F)c2cc(C(=O)N(C)C)c(=O)[nH]c2n1. The summed E-state index contributed by atoms with van der Waals surface area (Å²) in [5, 5.41) is 3.32. The molecule has 0 aliphatic heterocycles. The fourth-order valence-corrected chi connectivity index (χ4v) is 3.06. The van der Waals surface area contributed by atoms with Gasteiger partial charge in [-0.2, -0.15) is 0 Å². The maximum atomic E-state index is 14.5. The zero-order chi connectivity index (χ0) is 22.2. The van der Waals surface area contributed by atoms with Gasteiger partial charge in [-0.05, 0) is 19.9 Å². The molecule has 3 aromatic rings. The molecule has 3 rings (SSSR count). The van der Waals surface area contributed by atoms with E-state index in [1.807, 2.05) is 0 Å². The number of aromatic nitrogens is 3. The Labute approximate surface area is 170 Å². The number of carbonyl (C=O) groups is 1. The summed E-state index contributed by atoms with van der Waals surface area (Å²) in [5.74, 6) is -0.954. The molecular weight excluding hydrogens is 399 g/mol. The Morgan fingerprint density at radius 1 is 1.20 bits per heavy atom. The Bertz CT molecular complexity index is 1180. The number of alkyl halides is 2. The molecule has 7 nitrogen and oxygen atoms in total. The summed E-state index contributed by atoms with van der Waals surface area (Å²) >= 11 is 0.